The summed E-state index contributed by atoms with van der Waals surface area (Å²) in [7, 11) is 0. The lowest BCUT2D eigenvalue weighted by Crippen LogP contribution is -2.43. The number of amides is 1. The molecule has 0 aliphatic carbocycles. The van der Waals surface area contributed by atoms with Crippen molar-refractivity contribution < 1.29 is 14.3 Å². The Morgan fingerprint density at radius 2 is 2.00 bits per heavy atom. The highest BCUT2D eigenvalue weighted by Gasteiger charge is 2.34. The summed E-state index contributed by atoms with van der Waals surface area (Å²) in [6, 6.07) is 5.21. The van der Waals surface area contributed by atoms with Gasteiger partial charge in [-0.05, 0) is 51.3 Å². The van der Waals surface area contributed by atoms with Gasteiger partial charge in [-0.15, -0.1) is 0 Å². The molecule has 1 rings (SSSR count). The summed E-state index contributed by atoms with van der Waals surface area (Å²) in [5.74, 6) is 0.798. The number of carbonyl (C=O) groups is 1. The fraction of sp³-hybridized carbons (Fsp3) is 0.588. The summed E-state index contributed by atoms with van der Waals surface area (Å²) in [5.41, 5.74) is -0.221. The Labute approximate surface area is 138 Å². The third kappa shape index (κ3) is 5.18. The van der Waals surface area contributed by atoms with Gasteiger partial charge in [-0.1, -0.05) is 25.4 Å². The van der Waals surface area contributed by atoms with Crippen LogP contribution in [0.2, 0.25) is 5.02 Å². The van der Waals surface area contributed by atoms with Crippen molar-refractivity contribution in [1.82, 2.24) is 0 Å². The van der Waals surface area contributed by atoms with Gasteiger partial charge in [-0.2, -0.15) is 0 Å². The number of nitrogens with one attached hydrogen (secondary N) is 1. The number of carbonyl (C=O) groups excluding carboxylic acids is 1. The number of hydrogen-bond acceptors (Lipinski definition) is 3. The highest BCUT2D eigenvalue weighted by Crippen LogP contribution is 2.29. The molecule has 1 aromatic carbocycles. The van der Waals surface area contributed by atoms with E-state index in [1.807, 2.05) is 20.8 Å². The minimum atomic E-state index is -0.853. The van der Waals surface area contributed by atoms with E-state index in [0.29, 0.717) is 42.0 Å². The monoisotopic (exact) mass is 327 g/mol. The van der Waals surface area contributed by atoms with Gasteiger partial charge in [0, 0.05) is 12.3 Å². The smallest absolute Gasteiger partial charge is 0.256 e. The lowest BCUT2D eigenvalue weighted by atomic mass is 9.93. The minimum absolute atomic E-state index is 0.164. The second-order valence-electron chi connectivity index (χ2n) is 5.79. The Balaban J connectivity index is 2.87. The van der Waals surface area contributed by atoms with Crippen LogP contribution in [-0.2, 0) is 9.53 Å². The molecular weight excluding hydrogens is 302 g/mol. The van der Waals surface area contributed by atoms with Crippen LogP contribution in [0.1, 0.15) is 41.0 Å². The number of ether oxygens (including phenoxy) is 2. The van der Waals surface area contributed by atoms with Gasteiger partial charge >= 0.3 is 0 Å². The fourth-order valence-electron chi connectivity index (χ4n) is 2.43. The number of rotatable bonds is 8. The molecule has 5 heteroatoms. The lowest BCUT2D eigenvalue weighted by molar-refractivity contribution is -0.140. The molecule has 1 N–H and O–H groups in total. The highest BCUT2D eigenvalue weighted by atomic mass is 35.5. The number of benzene rings is 1. The molecule has 0 aliphatic heterocycles. The van der Waals surface area contributed by atoms with Crippen LogP contribution in [-0.4, -0.2) is 24.7 Å². The molecule has 1 aromatic rings. The average Bonchev–Trinajstić information content (AvgIpc) is 2.41. The van der Waals surface area contributed by atoms with Gasteiger partial charge in [0.15, 0.2) is 0 Å². The molecule has 1 amide bonds. The normalized spacial score (nSPS) is 13.8. The molecule has 22 heavy (non-hydrogen) atoms. The van der Waals surface area contributed by atoms with Crippen molar-refractivity contribution in [3.63, 3.8) is 0 Å². The quantitative estimate of drug-likeness (QED) is 0.763. The molecule has 1 atom stereocenters. The van der Waals surface area contributed by atoms with Crippen molar-refractivity contribution in [3.05, 3.63) is 23.2 Å². The zero-order chi connectivity index (χ0) is 16.8. The molecule has 0 heterocycles. The Morgan fingerprint density at radius 1 is 1.32 bits per heavy atom. The van der Waals surface area contributed by atoms with Crippen LogP contribution in [0.4, 0.5) is 5.69 Å². The summed E-state index contributed by atoms with van der Waals surface area (Å²) in [6.07, 6.45) is 0.650. The average molecular weight is 328 g/mol. The van der Waals surface area contributed by atoms with Gasteiger partial charge in [-0.25, -0.2) is 0 Å². The van der Waals surface area contributed by atoms with Crippen molar-refractivity contribution in [1.29, 1.82) is 0 Å². The molecule has 124 valence electrons. The first-order chi connectivity index (χ1) is 10.3. The molecule has 0 saturated heterocycles. The molecule has 0 unspecified atom stereocenters. The van der Waals surface area contributed by atoms with Crippen LogP contribution in [0.3, 0.4) is 0 Å². The second kappa shape index (κ2) is 8.39. The van der Waals surface area contributed by atoms with Crippen molar-refractivity contribution in [2.45, 2.75) is 46.6 Å². The van der Waals surface area contributed by atoms with Crippen molar-refractivity contribution in [2.75, 3.05) is 18.5 Å². The van der Waals surface area contributed by atoms with E-state index < -0.39 is 5.60 Å². The van der Waals surface area contributed by atoms with Gasteiger partial charge < -0.3 is 14.8 Å². The Hall–Kier alpha value is -1.26. The summed E-state index contributed by atoms with van der Waals surface area (Å²) in [4.78, 5) is 12.6. The molecule has 0 spiro atoms. The summed E-state index contributed by atoms with van der Waals surface area (Å²) in [6.45, 7) is 10.8. The summed E-state index contributed by atoms with van der Waals surface area (Å²) in [5, 5.41) is 3.35. The van der Waals surface area contributed by atoms with Gasteiger partial charge in [0.2, 0.25) is 0 Å². The minimum Gasteiger partial charge on any atom is -0.492 e. The van der Waals surface area contributed by atoms with E-state index in [9.17, 15) is 4.79 Å². The lowest BCUT2D eigenvalue weighted by Gasteiger charge is -2.30. The standard InChI is InChI=1S/C17H26ClNO3/c1-6-21-15-9-8-13(10-14(15)18)19-16(20)17(5,22-7-2)11-12(3)4/h8-10,12H,6-7,11H2,1-5H3,(H,19,20)/t17-/m0/s1. The maximum Gasteiger partial charge on any atom is 0.256 e. The van der Waals surface area contributed by atoms with E-state index in [1.165, 1.54) is 0 Å². The zero-order valence-electron chi connectivity index (χ0n) is 14.0. The van der Waals surface area contributed by atoms with E-state index in [4.69, 9.17) is 21.1 Å². The molecule has 0 bridgehead atoms. The Morgan fingerprint density at radius 3 is 2.50 bits per heavy atom. The van der Waals surface area contributed by atoms with E-state index >= 15 is 0 Å². The Bertz CT molecular complexity index is 505. The predicted molar refractivity (Wildman–Crippen MR) is 90.7 cm³/mol. The largest absolute Gasteiger partial charge is 0.492 e. The molecule has 0 aliphatic rings. The van der Waals surface area contributed by atoms with E-state index in [0.717, 1.165) is 0 Å². The van der Waals surface area contributed by atoms with Gasteiger partial charge in [0.05, 0.1) is 11.6 Å². The molecular formula is C17H26ClNO3. The van der Waals surface area contributed by atoms with Gasteiger partial charge in [0.1, 0.15) is 11.4 Å². The van der Waals surface area contributed by atoms with E-state index in [-0.39, 0.29) is 5.91 Å². The van der Waals surface area contributed by atoms with Crippen molar-refractivity contribution in [2.24, 2.45) is 5.92 Å². The van der Waals surface area contributed by atoms with Crippen LogP contribution >= 0.6 is 11.6 Å². The predicted octanol–water partition coefficient (Wildman–Crippen LogP) is 4.52. The van der Waals surface area contributed by atoms with Crippen LogP contribution < -0.4 is 10.1 Å². The van der Waals surface area contributed by atoms with Gasteiger partial charge in [-0.3, -0.25) is 4.79 Å². The molecule has 4 nitrogen and oxygen atoms in total. The number of hydrogen-bond donors (Lipinski definition) is 1. The number of halogens is 1. The molecule has 0 radical (unpaired) electrons. The van der Waals surface area contributed by atoms with E-state index in [1.54, 1.807) is 18.2 Å². The third-order valence-electron chi connectivity index (χ3n) is 3.23. The first kappa shape index (κ1) is 18.8. The first-order valence-electron chi connectivity index (χ1n) is 7.70. The van der Waals surface area contributed by atoms with Crippen LogP contribution in [0.25, 0.3) is 0 Å². The van der Waals surface area contributed by atoms with Crippen LogP contribution in [0.5, 0.6) is 5.75 Å². The van der Waals surface area contributed by atoms with Crippen LogP contribution in [0, 0.1) is 5.92 Å². The third-order valence-corrected chi connectivity index (χ3v) is 3.53. The molecule has 0 fully saturated rings. The molecule has 0 saturated carbocycles. The Kier molecular flexibility index (Phi) is 7.17. The highest BCUT2D eigenvalue weighted by molar-refractivity contribution is 6.32. The SMILES string of the molecule is CCOc1ccc(NC(=O)[C@](C)(CC(C)C)OCC)cc1Cl. The number of anilines is 1. The van der Waals surface area contributed by atoms with Crippen molar-refractivity contribution >= 4 is 23.2 Å². The maximum absolute atomic E-state index is 12.6. The van der Waals surface area contributed by atoms with E-state index in [2.05, 4.69) is 19.2 Å². The van der Waals surface area contributed by atoms with Crippen molar-refractivity contribution in [3.8, 4) is 5.75 Å². The summed E-state index contributed by atoms with van der Waals surface area (Å²) < 4.78 is 11.1. The molecule has 0 aromatic heterocycles. The fourth-order valence-corrected chi connectivity index (χ4v) is 2.66. The topological polar surface area (TPSA) is 47.6 Å². The zero-order valence-corrected chi connectivity index (χ0v) is 14.8. The first-order valence-corrected chi connectivity index (χ1v) is 8.08. The second-order valence-corrected chi connectivity index (χ2v) is 6.20. The maximum atomic E-state index is 12.6. The van der Waals surface area contributed by atoms with Crippen LogP contribution in [0.15, 0.2) is 18.2 Å². The van der Waals surface area contributed by atoms with Gasteiger partial charge in [0.25, 0.3) is 5.91 Å². The summed E-state index contributed by atoms with van der Waals surface area (Å²) >= 11 is 6.14.